The number of amides is 2. The second kappa shape index (κ2) is 9.21. The summed E-state index contributed by atoms with van der Waals surface area (Å²) in [5.41, 5.74) is 2.28. The summed E-state index contributed by atoms with van der Waals surface area (Å²) in [4.78, 5) is 28.3. The molecule has 27 heavy (non-hydrogen) atoms. The Morgan fingerprint density at radius 2 is 1.33 bits per heavy atom. The Bertz CT molecular complexity index is 701. The molecule has 3 rings (SSSR count). The SMILES string of the molecule is CCOC(=O)N1CCN(C(=O)CC(c2ccccc2)c2ccccc2)CC1. The van der Waals surface area contributed by atoms with Crippen molar-refractivity contribution >= 4 is 12.0 Å². The number of hydrogen-bond acceptors (Lipinski definition) is 3. The van der Waals surface area contributed by atoms with Crippen LogP contribution in [0.5, 0.6) is 0 Å². The van der Waals surface area contributed by atoms with Gasteiger partial charge in [0, 0.05) is 38.5 Å². The van der Waals surface area contributed by atoms with Gasteiger partial charge in [-0.2, -0.15) is 0 Å². The van der Waals surface area contributed by atoms with E-state index < -0.39 is 0 Å². The molecule has 0 spiro atoms. The summed E-state index contributed by atoms with van der Waals surface area (Å²) >= 11 is 0. The van der Waals surface area contributed by atoms with E-state index in [0.29, 0.717) is 39.2 Å². The van der Waals surface area contributed by atoms with Crippen molar-refractivity contribution in [3.8, 4) is 0 Å². The summed E-state index contributed by atoms with van der Waals surface area (Å²) < 4.78 is 5.04. The molecule has 1 saturated heterocycles. The lowest BCUT2D eigenvalue weighted by molar-refractivity contribution is -0.133. The number of piperazine rings is 1. The highest BCUT2D eigenvalue weighted by Gasteiger charge is 2.27. The maximum Gasteiger partial charge on any atom is 0.409 e. The fraction of sp³-hybridized carbons (Fsp3) is 0.364. The third-order valence-corrected chi connectivity index (χ3v) is 4.94. The molecule has 0 saturated carbocycles. The molecule has 5 nitrogen and oxygen atoms in total. The fourth-order valence-electron chi connectivity index (χ4n) is 3.46. The summed E-state index contributed by atoms with van der Waals surface area (Å²) in [6, 6.07) is 20.3. The average molecular weight is 366 g/mol. The highest BCUT2D eigenvalue weighted by atomic mass is 16.6. The van der Waals surface area contributed by atoms with Crippen LogP contribution in [0.25, 0.3) is 0 Å². The van der Waals surface area contributed by atoms with Crippen molar-refractivity contribution in [2.24, 2.45) is 0 Å². The van der Waals surface area contributed by atoms with Gasteiger partial charge < -0.3 is 14.5 Å². The zero-order valence-electron chi connectivity index (χ0n) is 15.7. The Labute approximate surface area is 160 Å². The minimum Gasteiger partial charge on any atom is -0.450 e. The van der Waals surface area contributed by atoms with E-state index in [4.69, 9.17) is 4.74 Å². The molecule has 1 fully saturated rings. The Balaban J connectivity index is 1.66. The lowest BCUT2D eigenvalue weighted by atomic mass is 9.88. The van der Waals surface area contributed by atoms with E-state index in [0.717, 1.165) is 11.1 Å². The van der Waals surface area contributed by atoms with E-state index in [1.165, 1.54) is 0 Å². The first kappa shape index (κ1) is 19.0. The highest BCUT2D eigenvalue weighted by molar-refractivity contribution is 5.78. The molecule has 2 aromatic carbocycles. The van der Waals surface area contributed by atoms with E-state index in [2.05, 4.69) is 24.3 Å². The van der Waals surface area contributed by atoms with Crippen molar-refractivity contribution in [2.75, 3.05) is 32.8 Å². The topological polar surface area (TPSA) is 49.9 Å². The first-order valence-electron chi connectivity index (χ1n) is 9.48. The van der Waals surface area contributed by atoms with Crippen LogP contribution in [0.2, 0.25) is 0 Å². The second-order valence-electron chi connectivity index (χ2n) is 6.64. The van der Waals surface area contributed by atoms with Crippen molar-refractivity contribution < 1.29 is 14.3 Å². The van der Waals surface area contributed by atoms with Crippen molar-refractivity contribution in [1.29, 1.82) is 0 Å². The molecule has 2 aromatic rings. The summed E-state index contributed by atoms with van der Waals surface area (Å²) in [7, 11) is 0. The predicted molar refractivity (Wildman–Crippen MR) is 105 cm³/mol. The summed E-state index contributed by atoms with van der Waals surface area (Å²) in [6.45, 7) is 4.30. The van der Waals surface area contributed by atoms with E-state index in [1.807, 2.05) is 41.3 Å². The zero-order chi connectivity index (χ0) is 19.1. The monoisotopic (exact) mass is 366 g/mol. The van der Waals surface area contributed by atoms with Gasteiger partial charge in [0.15, 0.2) is 0 Å². The van der Waals surface area contributed by atoms with Gasteiger partial charge >= 0.3 is 6.09 Å². The molecule has 0 radical (unpaired) electrons. The Morgan fingerprint density at radius 3 is 1.81 bits per heavy atom. The summed E-state index contributed by atoms with van der Waals surface area (Å²) in [6.07, 6.45) is 0.129. The second-order valence-corrected chi connectivity index (χ2v) is 6.64. The molecule has 142 valence electrons. The number of carbonyl (C=O) groups excluding carboxylic acids is 2. The number of hydrogen-bond donors (Lipinski definition) is 0. The van der Waals surface area contributed by atoms with E-state index >= 15 is 0 Å². The molecule has 1 heterocycles. The van der Waals surface area contributed by atoms with Gasteiger partial charge in [-0.25, -0.2) is 4.79 Å². The van der Waals surface area contributed by atoms with Gasteiger partial charge in [0.25, 0.3) is 0 Å². The zero-order valence-corrected chi connectivity index (χ0v) is 15.7. The van der Waals surface area contributed by atoms with Crippen LogP contribution in [0.4, 0.5) is 4.79 Å². The van der Waals surface area contributed by atoms with Crippen molar-refractivity contribution in [3.63, 3.8) is 0 Å². The van der Waals surface area contributed by atoms with Crippen molar-refractivity contribution in [1.82, 2.24) is 9.80 Å². The van der Waals surface area contributed by atoms with E-state index in [-0.39, 0.29) is 17.9 Å². The van der Waals surface area contributed by atoms with Crippen LogP contribution in [0.1, 0.15) is 30.4 Å². The predicted octanol–water partition coefficient (Wildman–Crippen LogP) is 3.51. The normalized spacial score (nSPS) is 14.3. The molecule has 0 unspecified atom stereocenters. The van der Waals surface area contributed by atoms with E-state index in [9.17, 15) is 9.59 Å². The van der Waals surface area contributed by atoms with Crippen LogP contribution in [0.15, 0.2) is 60.7 Å². The first-order valence-corrected chi connectivity index (χ1v) is 9.48. The molecule has 0 N–H and O–H groups in total. The van der Waals surface area contributed by atoms with E-state index in [1.54, 1.807) is 11.8 Å². The molecule has 2 amide bonds. The van der Waals surface area contributed by atoms with Gasteiger partial charge in [0.2, 0.25) is 5.91 Å². The fourth-order valence-corrected chi connectivity index (χ4v) is 3.46. The van der Waals surface area contributed by atoms with Crippen LogP contribution < -0.4 is 0 Å². The Kier molecular flexibility index (Phi) is 6.47. The lowest BCUT2D eigenvalue weighted by Gasteiger charge is -2.34. The minimum atomic E-state index is -0.295. The molecular weight excluding hydrogens is 340 g/mol. The van der Waals surface area contributed by atoms with Gasteiger partial charge in [0.1, 0.15) is 0 Å². The molecule has 1 aliphatic heterocycles. The molecule has 1 aliphatic rings. The molecule has 0 aromatic heterocycles. The van der Waals surface area contributed by atoms with Crippen molar-refractivity contribution in [3.05, 3.63) is 71.8 Å². The third-order valence-electron chi connectivity index (χ3n) is 4.94. The number of carbonyl (C=O) groups is 2. The lowest BCUT2D eigenvalue weighted by Crippen LogP contribution is -2.50. The van der Waals surface area contributed by atoms with Gasteiger partial charge in [0.05, 0.1) is 6.61 Å². The average Bonchev–Trinajstić information content (AvgIpc) is 2.73. The molecule has 0 aliphatic carbocycles. The van der Waals surface area contributed by atoms with Crippen LogP contribution in [0.3, 0.4) is 0 Å². The van der Waals surface area contributed by atoms with Gasteiger partial charge in [-0.05, 0) is 18.1 Å². The van der Waals surface area contributed by atoms with Crippen LogP contribution in [-0.4, -0.2) is 54.6 Å². The first-order chi connectivity index (χ1) is 13.2. The number of benzene rings is 2. The molecular formula is C22H26N2O3. The third kappa shape index (κ3) is 4.88. The van der Waals surface area contributed by atoms with Gasteiger partial charge in [-0.3, -0.25) is 4.79 Å². The Hall–Kier alpha value is -2.82. The number of nitrogens with zero attached hydrogens (tertiary/aromatic N) is 2. The highest BCUT2D eigenvalue weighted by Crippen LogP contribution is 2.28. The smallest absolute Gasteiger partial charge is 0.409 e. The summed E-state index contributed by atoms with van der Waals surface area (Å²) in [5, 5.41) is 0. The molecule has 0 bridgehead atoms. The molecule has 5 heteroatoms. The van der Waals surface area contributed by atoms with Crippen molar-refractivity contribution in [2.45, 2.75) is 19.3 Å². The Morgan fingerprint density at radius 1 is 0.852 bits per heavy atom. The number of ether oxygens (including phenoxy) is 1. The maximum absolute atomic E-state index is 12.9. The standard InChI is InChI=1S/C22H26N2O3/c1-2-27-22(26)24-15-13-23(14-16-24)21(25)17-20(18-9-5-3-6-10-18)19-11-7-4-8-12-19/h3-12,20H,2,13-17H2,1H3. The molecule has 0 atom stereocenters. The minimum absolute atomic E-state index is 0.0305. The maximum atomic E-state index is 12.9. The summed E-state index contributed by atoms with van der Waals surface area (Å²) in [5.74, 6) is 0.152. The number of rotatable bonds is 5. The van der Waals surface area contributed by atoms with Crippen LogP contribution >= 0.6 is 0 Å². The quantitative estimate of drug-likeness (QED) is 0.814. The van der Waals surface area contributed by atoms with Crippen LogP contribution in [0, 0.1) is 0 Å². The largest absolute Gasteiger partial charge is 0.450 e. The van der Waals surface area contributed by atoms with Gasteiger partial charge in [-0.15, -0.1) is 0 Å². The van der Waals surface area contributed by atoms with Gasteiger partial charge in [-0.1, -0.05) is 60.7 Å². The van der Waals surface area contributed by atoms with Crippen LogP contribution in [-0.2, 0) is 9.53 Å².